The summed E-state index contributed by atoms with van der Waals surface area (Å²) in [4.78, 5) is 4.06. The lowest BCUT2D eigenvalue weighted by atomic mass is 9.71. The Bertz CT molecular complexity index is 556. The smallest absolute Gasteiger partial charge is 0.293 e. The van der Waals surface area contributed by atoms with Crippen LogP contribution in [0.1, 0.15) is 24.3 Å². The number of hydrogen-bond donors (Lipinski definition) is 0. The fraction of sp³-hybridized carbons (Fsp3) is 0.647. The maximum absolute atomic E-state index is 12.7. The SMILES string of the molecule is FC(F)(F)CN1C[C@@H]2C(c3ccc(Br)cc3)[C@H](C1)N2CC1CC1. The highest BCUT2D eigenvalue weighted by atomic mass is 79.9. The van der Waals surface area contributed by atoms with Gasteiger partial charge in [0.1, 0.15) is 0 Å². The Morgan fingerprint density at radius 3 is 2.17 bits per heavy atom. The third-order valence-electron chi connectivity index (χ3n) is 5.40. The van der Waals surface area contributed by atoms with Gasteiger partial charge in [0.2, 0.25) is 0 Å². The van der Waals surface area contributed by atoms with Gasteiger partial charge in [-0.3, -0.25) is 9.80 Å². The molecule has 2 bridgehead atoms. The van der Waals surface area contributed by atoms with Gasteiger partial charge in [-0.1, -0.05) is 28.1 Å². The van der Waals surface area contributed by atoms with Crippen molar-refractivity contribution in [2.24, 2.45) is 5.92 Å². The Kier molecular flexibility index (Phi) is 3.97. The number of nitrogens with zero attached hydrogens (tertiary/aromatic N) is 2. The molecule has 2 nitrogen and oxygen atoms in total. The number of piperazine rings is 1. The monoisotopic (exact) mass is 388 g/mol. The van der Waals surface area contributed by atoms with Crippen molar-refractivity contribution in [3.8, 4) is 0 Å². The van der Waals surface area contributed by atoms with Crippen molar-refractivity contribution in [3.63, 3.8) is 0 Å². The summed E-state index contributed by atoms with van der Waals surface area (Å²) in [5, 5.41) is 0. The summed E-state index contributed by atoms with van der Waals surface area (Å²) in [6.45, 7) is 1.36. The molecule has 0 spiro atoms. The Morgan fingerprint density at radius 2 is 1.65 bits per heavy atom. The number of fused-ring (bicyclic) bond motifs is 2. The predicted octanol–water partition coefficient (Wildman–Crippen LogP) is 3.87. The first kappa shape index (κ1) is 15.9. The molecule has 5 rings (SSSR count). The number of hydrogen-bond acceptors (Lipinski definition) is 2. The van der Waals surface area contributed by atoms with Crippen LogP contribution in [0.25, 0.3) is 0 Å². The first-order valence-electron chi connectivity index (χ1n) is 8.21. The number of benzene rings is 1. The molecule has 1 saturated carbocycles. The van der Waals surface area contributed by atoms with Crippen molar-refractivity contribution in [1.29, 1.82) is 0 Å². The van der Waals surface area contributed by atoms with Crippen LogP contribution in [0.2, 0.25) is 0 Å². The average Bonchev–Trinajstić information content (AvgIpc) is 3.28. The number of halogens is 4. The van der Waals surface area contributed by atoms with Crippen molar-refractivity contribution in [2.45, 2.75) is 37.0 Å². The molecule has 1 aromatic carbocycles. The van der Waals surface area contributed by atoms with E-state index in [1.165, 1.54) is 18.4 Å². The number of rotatable bonds is 4. The standard InChI is InChI=1S/C17H20BrF3N2/c18-13-5-3-12(4-6-13)16-14-8-22(10-17(19,20)21)9-15(16)23(14)7-11-1-2-11/h3-6,11,14-16H,1-2,7-10H2/t14-,15+,16?. The predicted molar refractivity (Wildman–Crippen MR) is 86.4 cm³/mol. The molecule has 4 aliphatic rings. The van der Waals surface area contributed by atoms with Crippen molar-refractivity contribution in [1.82, 2.24) is 9.80 Å². The van der Waals surface area contributed by atoms with E-state index in [1.807, 2.05) is 12.1 Å². The van der Waals surface area contributed by atoms with E-state index in [1.54, 1.807) is 4.90 Å². The zero-order chi connectivity index (χ0) is 16.2. The topological polar surface area (TPSA) is 6.48 Å². The summed E-state index contributed by atoms with van der Waals surface area (Å²) in [6.07, 6.45) is -1.53. The van der Waals surface area contributed by atoms with E-state index in [0.717, 1.165) is 16.9 Å². The Hall–Kier alpha value is -0.590. The maximum atomic E-state index is 12.7. The van der Waals surface area contributed by atoms with Crippen LogP contribution >= 0.6 is 15.9 Å². The van der Waals surface area contributed by atoms with E-state index in [4.69, 9.17) is 0 Å². The molecule has 1 unspecified atom stereocenters. The van der Waals surface area contributed by atoms with E-state index < -0.39 is 12.7 Å². The molecule has 4 fully saturated rings. The highest BCUT2D eigenvalue weighted by Gasteiger charge is 2.55. The fourth-order valence-electron chi connectivity index (χ4n) is 4.24. The molecule has 23 heavy (non-hydrogen) atoms. The van der Waals surface area contributed by atoms with Gasteiger partial charge < -0.3 is 0 Å². The molecule has 1 aliphatic carbocycles. The molecular weight excluding hydrogens is 369 g/mol. The second-order valence-corrected chi connectivity index (χ2v) is 8.08. The lowest BCUT2D eigenvalue weighted by molar-refractivity contribution is -0.172. The second-order valence-electron chi connectivity index (χ2n) is 7.16. The Morgan fingerprint density at radius 1 is 1.04 bits per heavy atom. The van der Waals surface area contributed by atoms with Crippen LogP contribution in [0.3, 0.4) is 0 Å². The first-order chi connectivity index (χ1) is 10.9. The maximum Gasteiger partial charge on any atom is 0.401 e. The molecule has 0 N–H and O–H groups in total. The highest BCUT2D eigenvalue weighted by molar-refractivity contribution is 9.10. The van der Waals surface area contributed by atoms with Crippen molar-refractivity contribution in [3.05, 3.63) is 34.3 Å². The van der Waals surface area contributed by atoms with Crippen LogP contribution in [0.15, 0.2) is 28.7 Å². The minimum absolute atomic E-state index is 0.234. The van der Waals surface area contributed by atoms with Crippen LogP contribution in [0, 0.1) is 5.92 Å². The van der Waals surface area contributed by atoms with E-state index in [9.17, 15) is 13.2 Å². The molecule has 0 aromatic heterocycles. The van der Waals surface area contributed by atoms with Crippen molar-refractivity contribution >= 4 is 15.9 Å². The molecule has 3 saturated heterocycles. The van der Waals surface area contributed by atoms with E-state index in [-0.39, 0.29) is 12.1 Å². The third-order valence-corrected chi connectivity index (χ3v) is 5.92. The quantitative estimate of drug-likeness (QED) is 0.772. The Labute approximate surface area is 142 Å². The Balaban J connectivity index is 1.50. The van der Waals surface area contributed by atoms with Crippen molar-refractivity contribution < 1.29 is 13.2 Å². The van der Waals surface area contributed by atoms with Gasteiger partial charge in [0.05, 0.1) is 6.54 Å². The molecule has 3 aliphatic heterocycles. The molecular formula is C17H20BrF3N2. The van der Waals surface area contributed by atoms with Gasteiger partial charge in [0.15, 0.2) is 0 Å². The molecule has 0 amide bonds. The van der Waals surface area contributed by atoms with Gasteiger partial charge in [-0.25, -0.2) is 0 Å². The lowest BCUT2D eigenvalue weighted by Gasteiger charge is -2.62. The van der Waals surface area contributed by atoms with Gasteiger partial charge in [0.25, 0.3) is 0 Å². The molecule has 3 atom stereocenters. The van der Waals surface area contributed by atoms with Gasteiger partial charge >= 0.3 is 6.18 Å². The minimum atomic E-state index is -4.10. The van der Waals surface area contributed by atoms with Gasteiger partial charge in [-0.2, -0.15) is 13.2 Å². The zero-order valence-corrected chi connectivity index (χ0v) is 14.4. The van der Waals surface area contributed by atoms with Crippen LogP contribution in [-0.2, 0) is 0 Å². The fourth-order valence-corrected chi connectivity index (χ4v) is 4.50. The van der Waals surface area contributed by atoms with Gasteiger partial charge in [0, 0.05) is 42.1 Å². The average molecular weight is 389 g/mol. The van der Waals surface area contributed by atoms with Crippen LogP contribution < -0.4 is 0 Å². The summed E-state index contributed by atoms with van der Waals surface area (Å²) in [5.41, 5.74) is 1.27. The number of alkyl halides is 3. The van der Waals surface area contributed by atoms with Crippen LogP contribution in [-0.4, -0.2) is 54.2 Å². The second kappa shape index (κ2) is 5.74. The van der Waals surface area contributed by atoms with Gasteiger partial charge in [-0.05, 0) is 36.5 Å². The molecule has 6 heteroatoms. The third kappa shape index (κ3) is 3.30. The lowest BCUT2D eigenvalue weighted by Crippen LogP contribution is -2.74. The van der Waals surface area contributed by atoms with E-state index in [2.05, 4.69) is 33.0 Å². The largest absolute Gasteiger partial charge is 0.401 e. The minimum Gasteiger partial charge on any atom is -0.293 e. The highest BCUT2D eigenvalue weighted by Crippen LogP contribution is 2.47. The van der Waals surface area contributed by atoms with Crippen LogP contribution in [0.5, 0.6) is 0 Å². The summed E-state index contributed by atoms with van der Waals surface area (Å²) in [5.74, 6) is 1.16. The van der Waals surface area contributed by atoms with Gasteiger partial charge in [-0.15, -0.1) is 0 Å². The molecule has 1 aromatic rings. The number of piperidine rings is 1. The molecule has 126 valence electrons. The van der Waals surface area contributed by atoms with E-state index >= 15 is 0 Å². The zero-order valence-electron chi connectivity index (χ0n) is 12.8. The molecule has 3 heterocycles. The first-order valence-corrected chi connectivity index (χ1v) is 9.00. The van der Waals surface area contributed by atoms with Crippen LogP contribution in [0.4, 0.5) is 13.2 Å². The van der Waals surface area contributed by atoms with E-state index in [0.29, 0.717) is 19.0 Å². The molecule has 0 radical (unpaired) electrons. The van der Waals surface area contributed by atoms with Crippen molar-refractivity contribution in [2.75, 3.05) is 26.2 Å². The summed E-state index contributed by atoms with van der Waals surface area (Å²) in [7, 11) is 0. The summed E-state index contributed by atoms with van der Waals surface area (Å²) < 4.78 is 39.2. The normalized spacial score (nSPS) is 31.9. The summed E-state index contributed by atoms with van der Waals surface area (Å²) in [6, 6.07) is 8.76. The summed E-state index contributed by atoms with van der Waals surface area (Å²) >= 11 is 3.45.